The first kappa shape index (κ1) is 10.2. The number of aromatic nitrogens is 2. The maximum atomic E-state index is 11.1. The first-order valence-corrected chi connectivity index (χ1v) is 5.47. The van der Waals surface area contributed by atoms with Gasteiger partial charge in [-0.1, -0.05) is 0 Å². The summed E-state index contributed by atoms with van der Waals surface area (Å²) in [5, 5.41) is 9.76. The number of nitrogens with zero attached hydrogens (tertiary/aromatic N) is 1. The van der Waals surface area contributed by atoms with Crippen LogP contribution in [0.5, 0.6) is 0 Å². The standard InChI is InChI=1S/C9H10N2O3S/c1-4-6(8(12)13)7(11-9(14)10-4)15-5-2-3-5/h5H,2-3H2,1H3,(H,12,13)(H,10,11,14). The topological polar surface area (TPSA) is 83.0 Å². The second kappa shape index (κ2) is 3.69. The molecule has 1 saturated carbocycles. The molecule has 0 unspecified atom stereocenters. The molecule has 15 heavy (non-hydrogen) atoms. The molecule has 5 nitrogen and oxygen atoms in total. The van der Waals surface area contributed by atoms with Gasteiger partial charge in [-0.15, -0.1) is 11.8 Å². The Hall–Kier alpha value is -1.30. The fraction of sp³-hybridized carbons (Fsp3) is 0.444. The molecule has 0 aromatic carbocycles. The van der Waals surface area contributed by atoms with E-state index >= 15 is 0 Å². The molecular weight excluding hydrogens is 216 g/mol. The minimum Gasteiger partial charge on any atom is -0.478 e. The molecule has 0 radical (unpaired) electrons. The monoisotopic (exact) mass is 226 g/mol. The molecule has 1 heterocycles. The third-order valence-corrected chi connectivity index (χ3v) is 3.43. The zero-order chi connectivity index (χ0) is 11.0. The molecule has 0 spiro atoms. The highest BCUT2D eigenvalue weighted by atomic mass is 32.2. The largest absolute Gasteiger partial charge is 0.478 e. The molecule has 0 aliphatic heterocycles. The van der Waals surface area contributed by atoms with E-state index in [-0.39, 0.29) is 5.56 Å². The predicted octanol–water partition coefficient (Wildman–Crippen LogP) is 1.03. The first-order valence-electron chi connectivity index (χ1n) is 4.59. The Bertz CT molecular complexity index is 465. The fourth-order valence-electron chi connectivity index (χ4n) is 1.24. The van der Waals surface area contributed by atoms with Gasteiger partial charge in [0.05, 0.1) is 0 Å². The number of carboxylic acids is 1. The summed E-state index contributed by atoms with van der Waals surface area (Å²) in [4.78, 5) is 28.2. The van der Waals surface area contributed by atoms with Crippen molar-refractivity contribution in [2.45, 2.75) is 30.0 Å². The van der Waals surface area contributed by atoms with Crippen molar-refractivity contribution in [3.05, 3.63) is 21.7 Å². The Labute approximate surface area is 89.9 Å². The van der Waals surface area contributed by atoms with E-state index in [0.717, 1.165) is 12.8 Å². The van der Waals surface area contributed by atoms with Crippen LogP contribution in [0.3, 0.4) is 0 Å². The van der Waals surface area contributed by atoms with Gasteiger partial charge in [0.25, 0.3) is 0 Å². The van der Waals surface area contributed by atoms with E-state index in [1.165, 1.54) is 11.8 Å². The average Bonchev–Trinajstić information content (AvgIpc) is 2.85. The Kier molecular flexibility index (Phi) is 2.52. The lowest BCUT2D eigenvalue weighted by Gasteiger charge is -2.05. The summed E-state index contributed by atoms with van der Waals surface area (Å²) in [6.07, 6.45) is 2.13. The van der Waals surface area contributed by atoms with Crippen LogP contribution in [-0.4, -0.2) is 26.3 Å². The second-order valence-corrected chi connectivity index (χ2v) is 4.76. The smallest absolute Gasteiger partial charge is 0.346 e. The van der Waals surface area contributed by atoms with Crippen LogP contribution < -0.4 is 5.69 Å². The molecule has 0 atom stereocenters. The zero-order valence-corrected chi connectivity index (χ0v) is 8.93. The van der Waals surface area contributed by atoms with Crippen LogP contribution in [0, 0.1) is 6.92 Å². The Morgan fingerprint density at radius 2 is 2.27 bits per heavy atom. The van der Waals surface area contributed by atoms with Crippen molar-refractivity contribution in [3.8, 4) is 0 Å². The number of hydrogen-bond acceptors (Lipinski definition) is 4. The average molecular weight is 226 g/mol. The summed E-state index contributed by atoms with van der Waals surface area (Å²) in [5.74, 6) is -1.04. The van der Waals surface area contributed by atoms with Crippen LogP contribution in [0.1, 0.15) is 28.9 Å². The molecule has 80 valence electrons. The lowest BCUT2D eigenvalue weighted by Crippen LogP contribution is -2.18. The van der Waals surface area contributed by atoms with Gasteiger partial charge in [-0.3, -0.25) is 0 Å². The number of hydrogen-bond donors (Lipinski definition) is 2. The molecule has 1 aliphatic carbocycles. The molecule has 6 heteroatoms. The Balaban J connectivity index is 2.47. The number of aryl methyl sites for hydroxylation is 1. The van der Waals surface area contributed by atoms with Gasteiger partial charge < -0.3 is 10.1 Å². The van der Waals surface area contributed by atoms with E-state index in [0.29, 0.717) is 16.0 Å². The van der Waals surface area contributed by atoms with Crippen LogP contribution in [0.25, 0.3) is 0 Å². The minimum absolute atomic E-state index is 0.117. The minimum atomic E-state index is -1.04. The molecule has 2 N–H and O–H groups in total. The van der Waals surface area contributed by atoms with Gasteiger partial charge in [0.2, 0.25) is 0 Å². The number of aromatic carboxylic acids is 1. The molecule has 0 bridgehead atoms. The summed E-state index contributed by atoms with van der Waals surface area (Å²) >= 11 is 1.38. The summed E-state index contributed by atoms with van der Waals surface area (Å²) in [5.41, 5.74) is -0.00204. The third kappa shape index (κ3) is 2.20. The van der Waals surface area contributed by atoms with Crippen molar-refractivity contribution < 1.29 is 9.90 Å². The van der Waals surface area contributed by atoms with Crippen LogP contribution in [0.15, 0.2) is 9.82 Å². The molecule has 1 aliphatic rings. The van der Waals surface area contributed by atoms with Gasteiger partial charge in [-0.25, -0.2) is 9.59 Å². The van der Waals surface area contributed by atoms with Crippen molar-refractivity contribution in [2.24, 2.45) is 0 Å². The van der Waals surface area contributed by atoms with Crippen molar-refractivity contribution in [1.82, 2.24) is 9.97 Å². The van der Waals surface area contributed by atoms with Gasteiger partial charge in [0, 0.05) is 10.9 Å². The first-order chi connectivity index (χ1) is 7.08. The van der Waals surface area contributed by atoms with E-state index in [1.54, 1.807) is 6.92 Å². The molecular formula is C9H10N2O3S. The van der Waals surface area contributed by atoms with Gasteiger partial charge in [-0.2, -0.15) is 4.98 Å². The van der Waals surface area contributed by atoms with E-state index < -0.39 is 11.7 Å². The van der Waals surface area contributed by atoms with Crippen LogP contribution >= 0.6 is 11.8 Å². The van der Waals surface area contributed by atoms with E-state index in [4.69, 9.17) is 5.11 Å². The second-order valence-electron chi connectivity index (χ2n) is 3.47. The predicted molar refractivity (Wildman–Crippen MR) is 55.4 cm³/mol. The van der Waals surface area contributed by atoms with Crippen molar-refractivity contribution >= 4 is 17.7 Å². The molecule has 1 aromatic heterocycles. The highest BCUT2D eigenvalue weighted by Crippen LogP contribution is 2.39. The van der Waals surface area contributed by atoms with Gasteiger partial charge in [0.15, 0.2) is 0 Å². The van der Waals surface area contributed by atoms with Gasteiger partial charge in [-0.05, 0) is 19.8 Å². The number of carbonyl (C=O) groups is 1. The van der Waals surface area contributed by atoms with E-state index in [2.05, 4.69) is 9.97 Å². The summed E-state index contributed by atoms with van der Waals surface area (Å²) < 4.78 is 0. The fourth-order valence-corrected chi connectivity index (χ4v) is 2.42. The highest BCUT2D eigenvalue weighted by molar-refractivity contribution is 8.00. The Morgan fingerprint density at radius 3 is 2.80 bits per heavy atom. The maximum absolute atomic E-state index is 11.1. The van der Waals surface area contributed by atoms with Crippen molar-refractivity contribution in [1.29, 1.82) is 0 Å². The third-order valence-electron chi connectivity index (χ3n) is 2.10. The highest BCUT2D eigenvalue weighted by Gasteiger charge is 2.27. The molecule has 2 rings (SSSR count). The summed E-state index contributed by atoms with van der Waals surface area (Å²) in [6, 6.07) is 0. The normalized spacial score (nSPS) is 15.3. The van der Waals surface area contributed by atoms with Gasteiger partial charge in [0.1, 0.15) is 10.6 Å². The number of nitrogens with one attached hydrogen (secondary N) is 1. The number of aromatic amines is 1. The molecule has 0 saturated heterocycles. The van der Waals surface area contributed by atoms with Crippen molar-refractivity contribution in [3.63, 3.8) is 0 Å². The molecule has 1 fully saturated rings. The number of H-pyrrole nitrogens is 1. The lowest BCUT2D eigenvalue weighted by molar-refractivity contribution is 0.0690. The van der Waals surface area contributed by atoms with Crippen LogP contribution in [0.2, 0.25) is 0 Å². The van der Waals surface area contributed by atoms with Crippen LogP contribution in [-0.2, 0) is 0 Å². The summed E-state index contributed by atoms with van der Waals surface area (Å²) in [6.45, 7) is 1.57. The van der Waals surface area contributed by atoms with Crippen molar-refractivity contribution in [2.75, 3.05) is 0 Å². The number of carboxylic acid groups (broad SMARTS) is 1. The van der Waals surface area contributed by atoms with Crippen LogP contribution in [0.4, 0.5) is 0 Å². The molecule has 0 amide bonds. The zero-order valence-electron chi connectivity index (χ0n) is 8.11. The maximum Gasteiger partial charge on any atom is 0.346 e. The number of thioether (sulfide) groups is 1. The SMILES string of the molecule is Cc1[nH]c(=O)nc(SC2CC2)c1C(=O)O. The molecule has 1 aromatic rings. The van der Waals surface area contributed by atoms with E-state index in [9.17, 15) is 9.59 Å². The van der Waals surface area contributed by atoms with E-state index in [1.807, 2.05) is 0 Å². The Morgan fingerprint density at radius 1 is 1.60 bits per heavy atom. The quantitative estimate of drug-likeness (QED) is 0.752. The summed E-state index contributed by atoms with van der Waals surface area (Å²) in [7, 11) is 0. The van der Waals surface area contributed by atoms with Gasteiger partial charge >= 0.3 is 11.7 Å². The lowest BCUT2D eigenvalue weighted by atomic mass is 10.2. The number of rotatable bonds is 3.